The summed E-state index contributed by atoms with van der Waals surface area (Å²) < 4.78 is 2.48. The van der Waals surface area contributed by atoms with Gasteiger partial charge in [0.1, 0.15) is 0 Å². The Balaban J connectivity index is 1.10. The van der Waals surface area contributed by atoms with E-state index >= 15 is 0 Å². The zero-order valence-corrected chi connectivity index (χ0v) is 31.1. The molecule has 3 nitrogen and oxygen atoms in total. The third-order valence-electron chi connectivity index (χ3n) is 11.2. The monoisotopic (exact) mass is 731 g/mol. The summed E-state index contributed by atoms with van der Waals surface area (Å²) >= 11 is 1.84. The Morgan fingerprint density at radius 3 is 1.46 bits per heavy atom. The van der Waals surface area contributed by atoms with Gasteiger partial charge in [-0.3, -0.25) is 0 Å². The highest BCUT2D eigenvalue weighted by atomic mass is 32.1. The van der Waals surface area contributed by atoms with Gasteiger partial charge in [0.05, 0.1) is 5.41 Å². The van der Waals surface area contributed by atoms with Gasteiger partial charge in [-0.2, -0.15) is 0 Å². The molecule has 0 unspecified atom stereocenters. The first kappa shape index (κ1) is 32.4. The fourth-order valence-corrected chi connectivity index (χ4v) is 9.80. The molecule has 56 heavy (non-hydrogen) atoms. The molecule has 0 radical (unpaired) electrons. The van der Waals surface area contributed by atoms with Gasteiger partial charge in [0.25, 0.3) is 0 Å². The Labute approximate surface area is 329 Å². The summed E-state index contributed by atoms with van der Waals surface area (Å²) in [6, 6.07) is 71.8. The Morgan fingerprint density at radius 1 is 0.321 bits per heavy atom. The minimum absolute atomic E-state index is 0.500. The first-order valence-corrected chi connectivity index (χ1v) is 19.8. The topological polar surface area (TPSA) is 38.7 Å². The van der Waals surface area contributed by atoms with Crippen LogP contribution in [0.1, 0.15) is 22.3 Å². The predicted molar refractivity (Wildman–Crippen MR) is 232 cm³/mol. The molecule has 1 aliphatic rings. The van der Waals surface area contributed by atoms with Crippen LogP contribution in [0, 0.1) is 0 Å². The van der Waals surface area contributed by atoms with Crippen LogP contribution in [0.5, 0.6) is 0 Å². The van der Waals surface area contributed by atoms with Gasteiger partial charge in [-0.25, -0.2) is 15.0 Å². The van der Waals surface area contributed by atoms with E-state index in [9.17, 15) is 0 Å². The van der Waals surface area contributed by atoms with E-state index in [1.165, 1.54) is 64.7 Å². The quantitative estimate of drug-likeness (QED) is 0.171. The van der Waals surface area contributed by atoms with E-state index in [1.54, 1.807) is 0 Å². The van der Waals surface area contributed by atoms with Gasteiger partial charge in [-0.05, 0) is 74.8 Å². The highest BCUT2D eigenvalue weighted by Gasteiger charge is 2.46. The molecule has 0 bridgehead atoms. The first-order chi connectivity index (χ1) is 27.7. The molecule has 10 aromatic rings. The Morgan fingerprint density at radius 2 is 0.839 bits per heavy atom. The van der Waals surface area contributed by atoms with Crippen molar-refractivity contribution in [1.29, 1.82) is 0 Å². The second-order valence-corrected chi connectivity index (χ2v) is 15.4. The van der Waals surface area contributed by atoms with Crippen molar-refractivity contribution in [1.82, 2.24) is 15.0 Å². The molecule has 2 heterocycles. The van der Waals surface area contributed by atoms with E-state index in [-0.39, 0.29) is 0 Å². The second kappa shape index (κ2) is 13.1. The van der Waals surface area contributed by atoms with Crippen LogP contribution in [0.25, 0.3) is 76.6 Å². The summed E-state index contributed by atoms with van der Waals surface area (Å²) in [7, 11) is 0. The molecule has 2 aromatic heterocycles. The Hall–Kier alpha value is -7.01. The van der Waals surface area contributed by atoms with E-state index in [2.05, 4.69) is 140 Å². The minimum atomic E-state index is -0.500. The summed E-state index contributed by atoms with van der Waals surface area (Å²) in [4.78, 5) is 15.0. The zero-order chi connectivity index (χ0) is 37.1. The summed E-state index contributed by atoms with van der Waals surface area (Å²) in [5.74, 6) is 1.98. The lowest BCUT2D eigenvalue weighted by Gasteiger charge is -2.34. The normalized spacial score (nSPS) is 12.8. The molecule has 4 heteroatoms. The van der Waals surface area contributed by atoms with Crippen LogP contribution in [-0.4, -0.2) is 15.0 Å². The largest absolute Gasteiger partial charge is 0.208 e. The van der Waals surface area contributed by atoms with E-state index in [0.717, 1.165) is 16.7 Å². The molecule has 8 aromatic carbocycles. The molecule has 11 rings (SSSR count). The highest BCUT2D eigenvalue weighted by Crippen LogP contribution is 2.57. The Kier molecular flexibility index (Phi) is 7.58. The number of hydrogen-bond acceptors (Lipinski definition) is 4. The summed E-state index contributed by atoms with van der Waals surface area (Å²) in [5, 5.41) is 2.42. The van der Waals surface area contributed by atoms with Gasteiger partial charge in [0.2, 0.25) is 0 Å². The summed E-state index contributed by atoms with van der Waals surface area (Å²) in [5.41, 5.74) is 12.5. The average molecular weight is 732 g/mol. The van der Waals surface area contributed by atoms with Crippen molar-refractivity contribution in [3.8, 4) is 56.4 Å². The first-order valence-electron chi connectivity index (χ1n) is 18.9. The van der Waals surface area contributed by atoms with Gasteiger partial charge in [0.15, 0.2) is 17.5 Å². The van der Waals surface area contributed by atoms with Crippen LogP contribution in [-0.2, 0) is 5.41 Å². The summed E-state index contributed by atoms with van der Waals surface area (Å²) in [6.45, 7) is 0. The average Bonchev–Trinajstić information content (AvgIpc) is 3.80. The van der Waals surface area contributed by atoms with Gasteiger partial charge in [-0.1, -0.05) is 170 Å². The number of rotatable bonds is 6. The van der Waals surface area contributed by atoms with Gasteiger partial charge < -0.3 is 0 Å². The van der Waals surface area contributed by atoms with Crippen LogP contribution in [0.15, 0.2) is 200 Å². The fraction of sp³-hybridized carbons (Fsp3) is 0.0192. The van der Waals surface area contributed by atoms with Crippen molar-refractivity contribution < 1.29 is 0 Å². The maximum atomic E-state index is 5.03. The highest BCUT2D eigenvalue weighted by molar-refractivity contribution is 7.25. The molecule has 0 saturated heterocycles. The smallest absolute Gasteiger partial charge is 0.164 e. The van der Waals surface area contributed by atoms with Crippen molar-refractivity contribution in [3.63, 3.8) is 0 Å². The predicted octanol–water partition coefficient (Wildman–Crippen LogP) is 13.3. The van der Waals surface area contributed by atoms with Crippen LogP contribution >= 0.6 is 11.3 Å². The van der Waals surface area contributed by atoms with Crippen LogP contribution in [0.2, 0.25) is 0 Å². The lowest BCUT2D eigenvalue weighted by atomic mass is 9.67. The molecular formula is C52H33N3S. The van der Waals surface area contributed by atoms with Crippen molar-refractivity contribution >= 4 is 31.5 Å². The van der Waals surface area contributed by atoms with Crippen molar-refractivity contribution in [2.75, 3.05) is 0 Å². The second-order valence-electron chi connectivity index (χ2n) is 14.4. The number of nitrogens with zero attached hydrogens (tertiary/aromatic N) is 3. The minimum Gasteiger partial charge on any atom is -0.208 e. The molecular weight excluding hydrogens is 699 g/mol. The SMILES string of the molecule is c1ccc(-c2cccc(C3(c4ccc5c(c4)sc4ccc(-c6nc(-c7ccccc7)nc(-c7ccccc7)n6)cc45)c4ccccc4-c4ccccc43)c2)cc1. The zero-order valence-electron chi connectivity index (χ0n) is 30.3. The summed E-state index contributed by atoms with van der Waals surface area (Å²) in [6.07, 6.45) is 0. The number of benzene rings is 8. The van der Waals surface area contributed by atoms with Crippen LogP contribution < -0.4 is 0 Å². The molecule has 0 amide bonds. The number of fused-ring (bicyclic) bond motifs is 6. The van der Waals surface area contributed by atoms with Crippen molar-refractivity contribution in [3.05, 3.63) is 222 Å². The van der Waals surface area contributed by atoms with Crippen molar-refractivity contribution in [2.45, 2.75) is 5.41 Å². The maximum absolute atomic E-state index is 5.03. The number of aromatic nitrogens is 3. The molecule has 0 saturated carbocycles. The molecule has 0 spiro atoms. The maximum Gasteiger partial charge on any atom is 0.164 e. The Bertz CT molecular complexity index is 2980. The van der Waals surface area contributed by atoms with Gasteiger partial charge in [0, 0.05) is 36.9 Å². The number of hydrogen-bond donors (Lipinski definition) is 0. The molecule has 1 aliphatic carbocycles. The molecule has 0 aliphatic heterocycles. The third-order valence-corrected chi connectivity index (χ3v) is 12.4. The van der Waals surface area contributed by atoms with Crippen molar-refractivity contribution in [2.24, 2.45) is 0 Å². The lowest BCUT2D eigenvalue weighted by Crippen LogP contribution is -2.28. The standard InChI is InChI=1S/C52H33N3S/c1-4-15-34(16-5-1)37-21-14-22-39(31-37)52(45-25-12-10-23-41(45)42-24-11-13-26-46(42)52)40-28-29-43-44-32-38(27-30-47(44)56-48(43)33-40)51-54-49(35-17-6-2-7-18-35)53-50(55-51)36-19-8-3-9-20-36/h1-33H. The van der Waals surface area contributed by atoms with E-state index in [1.807, 2.05) is 72.0 Å². The van der Waals surface area contributed by atoms with E-state index in [4.69, 9.17) is 15.0 Å². The van der Waals surface area contributed by atoms with E-state index in [0.29, 0.717) is 17.5 Å². The fourth-order valence-electron chi connectivity index (χ4n) is 8.67. The van der Waals surface area contributed by atoms with Gasteiger partial charge >= 0.3 is 0 Å². The van der Waals surface area contributed by atoms with Gasteiger partial charge in [-0.15, -0.1) is 11.3 Å². The molecule has 262 valence electrons. The molecule has 0 N–H and O–H groups in total. The number of thiophene rings is 1. The van der Waals surface area contributed by atoms with Crippen LogP contribution in [0.4, 0.5) is 0 Å². The van der Waals surface area contributed by atoms with E-state index < -0.39 is 5.41 Å². The third kappa shape index (κ3) is 5.14. The molecule has 0 atom stereocenters. The van der Waals surface area contributed by atoms with Crippen LogP contribution in [0.3, 0.4) is 0 Å². The lowest BCUT2D eigenvalue weighted by molar-refractivity contribution is 0.770. The molecule has 0 fully saturated rings.